The molecule has 3 unspecified atom stereocenters. The Morgan fingerprint density at radius 3 is 2.03 bits per heavy atom. The van der Waals surface area contributed by atoms with Crippen LogP contribution in [0.1, 0.15) is 60.5 Å². The van der Waals surface area contributed by atoms with Crippen molar-refractivity contribution in [2.45, 2.75) is 85.1 Å². The van der Waals surface area contributed by atoms with Crippen LogP contribution in [0.5, 0.6) is 0 Å². The number of nitrogens with one attached hydrogen (secondary N) is 3. The van der Waals surface area contributed by atoms with Gasteiger partial charge in [-0.2, -0.15) is 0 Å². The highest BCUT2D eigenvalue weighted by molar-refractivity contribution is 6.00. The molecule has 0 aromatic heterocycles. The molecule has 0 saturated carbocycles. The predicted molar refractivity (Wildman–Crippen MR) is 133 cm³/mol. The lowest BCUT2D eigenvalue weighted by Crippen LogP contribution is -2.57. The molecule has 0 spiro atoms. The number of carbonyl (C=O) groups excluding carboxylic acids is 3. The summed E-state index contributed by atoms with van der Waals surface area (Å²) in [6, 6.07) is 7.76. The molecule has 0 aliphatic heterocycles. The number of benzene rings is 1. The van der Waals surface area contributed by atoms with E-state index in [1.54, 1.807) is 48.5 Å². The van der Waals surface area contributed by atoms with Gasteiger partial charge >= 0.3 is 6.09 Å². The van der Waals surface area contributed by atoms with Gasteiger partial charge in [0.25, 0.3) is 5.92 Å². The number of hydrogen-bond acceptors (Lipinski definition) is 5. The van der Waals surface area contributed by atoms with Crippen LogP contribution < -0.4 is 16.0 Å². The minimum atomic E-state index is -3.79. The molecule has 1 rings (SSSR count). The minimum absolute atomic E-state index is 0.0560. The second-order valence-corrected chi connectivity index (χ2v) is 10.7. The number of aliphatic hydroxyl groups excluding tert-OH is 1. The number of amides is 3. The standard InChI is InChI=1S/C26H41F2N3O5/c1-16(2)13-19(31-24(35)36-25(5,6)7)21(32)26(27,28)15-30-23(34)20(17(3)4)22(33)29-14-18-11-9-8-10-12-18/h8-12,16-17,19-21,32H,13-15H2,1-7H3,(H,29,33)(H,30,34)(H,31,35). The largest absolute Gasteiger partial charge is 0.444 e. The molecule has 1 aromatic rings. The second-order valence-electron chi connectivity index (χ2n) is 10.7. The van der Waals surface area contributed by atoms with Crippen molar-refractivity contribution >= 4 is 17.9 Å². The molecule has 1 aromatic carbocycles. The van der Waals surface area contributed by atoms with Gasteiger partial charge in [0, 0.05) is 6.54 Å². The van der Waals surface area contributed by atoms with Crippen LogP contribution in [-0.2, 0) is 20.9 Å². The van der Waals surface area contributed by atoms with Crippen molar-refractivity contribution in [1.82, 2.24) is 16.0 Å². The highest BCUT2D eigenvalue weighted by atomic mass is 19.3. The summed E-state index contributed by atoms with van der Waals surface area (Å²) >= 11 is 0. The van der Waals surface area contributed by atoms with Crippen molar-refractivity contribution in [3.63, 3.8) is 0 Å². The number of halogens is 2. The van der Waals surface area contributed by atoms with Crippen LogP contribution in [0.15, 0.2) is 30.3 Å². The molecule has 36 heavy (non-hydrogen) atoms. The van der Waals surface area contributed by atoms with Gasteiger partial charge in [-0.05, 0) is 44.6 Å². The number of ether oxygens (including phenoxy) is 1. The molecular weight excluding hydrogens is 472 g/mol. The average Bonchev–Trinajstić information content (AvgIpc) is 2.74. The van der Waals surface area contributed by atoms with Gasteiger partial charge < -0.3 is 25.8 Å². The van der Waals surface area contributed by atoms with E-state index in [0.717, 1.165) is 5.56 Å². The SMILES string of the molecule is CC(C)CC(NC(=O)OC(C)(C)C)C(O)C(F)(F)CNC(=O)C(C(=O)NCc1ccccc1)C(C)C. The third-order valence-electron chi connectivity index (χ3n) is 5.28. The molecule has 0 radical (unpaired) electrons. The van der Waals surface area contributed by atoms with Gasteiger partial charge in [0.15, 0.2) is 0 Å². The monoisotopic (exact) mass is 513 g/mol. The Balaban J connectivity index is 2.84. The first-order chi connectivity index (χ1) is 16.5. The van der Waals surface area contributed by atoms with Crippen molar-refractivity contribution in [1.29, 1.82) is 0 Å². The van der Waals surface area contributed by atoms with E-state index in [1.165, 1.54) is 0 Å². The molecular formula is C26H41F2N3O5. The fourth-order valence-electron chi connectivity index (χ4n) is 3.57. The molecule has 0 heterocycles. The van der Waals surface area contributed by atoms with Crippen LogP contribution in [0.2, 0.25) is 0 Å². The van der Waals surface area contributed by atoms with Crippen LogP contribution in [-0.4, -0.2) is 53.2 Å². The lowest BCUT2D eigenvalue weighted by Gasteiger charge is -2.32. The average molecular weight is 514 g/mol. The molecule has 204 valence electrons. The van der Waals surface area contributed by atoms with Crippen molar-refractivity contribution < 1.29 is 33.0 Å². The van der Waals surface area contributed by atoms with Crippen molar-refractivity contribution in [2.24, 2.45) is 17.8 Å². The topological polar surface area (TPSA) is 117 Å². The quantitative estimate of drug-likeness (QED) is 0.319. The summed E-state index contributed by atoms with van der Waals surface area (Å²) in [6.07, 6.45) is -3.17. The van der Waals surface area contributed by atoms with Gasteiger partial charge in [-0.25, -0.2) is 13.6 Å². The molecule has 10 heteroatoms. The summed E-state index contributed by atoms with van der Waals surface area (Å²) in [6.45, 7) is 10.7. The van der Waals surface area contributed by atoms with Crippen LogP contribution in [0.3, 0.4) is 0 Å². The van der Waals surface area contributed by atoms with Gasteiger partial charge in [-0.1, -0.05) is 58.0 Å². The maximum absolute atomic E-state index is 14.9. The van der Waals surface area contributed by atoms with E-state index < -0.39 is 60.0 Å². The van der Waals surface area contributed by atoms with Gasteiger partial charge in [0.1, 0.15) is 17.6 Å². The summed E-state index contributed by atoms with van der Waals surface area (Å²) in [5.74, 6) is -7.02. The molecule has 0 saturated heterocycles. The first-order valence-corrected chi connectivity index (χ1v) is 12.2. The molecule has 0 fully saturated rings. The number of aliphatic hydroxyl groups is 1. The zero-order chi connectivity index (χ0) is 27.7. The van der Waals surface area contributed by atoms with Crippen molar-refractivity contribution in [2.75, 3.05) is 6.54 Å². The molecule has 3 amide bonds. The maximum atomic E-state index is 14.9. The molecule has 8 nitrogen and oxygen atoms in total. The van der Waals surface area contributed by atoms with Gasteiger partial charge in [-0.15, -0.1) is 0 Å². The zero-order valence-electron chi connectivity index (χ0n) is 22.2. The van der Waals surface area contributed by atoms with E-state index in [9.17, 15) is 28.3 Å². The van der Waals surface area contributed by atoms with Crippen LogP contribution in [0.25, 0.3) is 0 Å². The Bertz CT molecular complexity index is 857. The summed E-state index contributed by atoms with van der Waals surface area (Å²) in [7, 11) is 0. The summed E-state index contributed by atoms with van der Waals surface area (Å²) in [5.41, 5.74) is -0.0157. The molecule has 0 bridgehead atoms. The summed E-state index contributed by atoms with van der Waals surface area (Å²) in [4.78, 5) is 37.5. The number of hydrogen-bond donors (Lipinski definition) is 4. The Morgan fingerprint density at radius 2 is 1.53 bits per heavy atom. The van der Waals surface area contributed by atoms with Crippen LogP contribution in [0, 0.1) is 17.8 Å². The first kappa shape index (κ1) is 31.3. The molecule has 3 atom stereocenters. The third kappa shape index (κ3) is 10.9. The first-order valence-electron chi connectivity index (χ1n) is 12.2. The highest BCUT2D eigenvalue weighted by Gasteiger charge is 2.45. The Morgan fingerprint density at radius 1 is 0.972 bits per heavy atom. The normalized spacial score (nSPS) is 14.7. The van der Waals surface area contributed by atoms with E-state index in [4.69, 9.17) is 4.74 Å². The third-order valence-corrected chi connectivity index (χ3v) is 5.28. The smallest absolute Gasteiger partial charge is 0.407 e. The van der Waals surface area contributed by atoms with E-state index in [2.05, 4.69) is 16.0 Å². The Kier molecular flexibility index (Phi) is 11.8. The maximum Gasteiger partial charge on any atom is 0.407 e. The van der Waals surface area contributed by atoms with Crippen molar-refractivity contribution in [3.8, 4) is 0 Å². The summed E-state index contributed by atoms with van der Waals surface area (Å²) < 4.78 is 35.0. The second kappa shape index (κ2) is 13.5. The van der Waals surface area contributed by atoms with Gasteiger partial charge in [0.2, 0.25) is 11.8 Å². The number of alkyl halides is 2. The highest BCUT2D eigenvalue weighted by Crippen LogP contribution is 2.25. The Labute approximate surface area is 212 Å². The lowest BCUT2D eigenvalue weighted by atomic mass is 9.93. The molecule has 4 N–H and O–H groups in total. The van der Waals surface area contributed by atoms with Crippen molar-refractivity contribution in [3.05, 3.63) is 35.9 Å². The summed E-state index contributed by atoms with van der Waals surface area (Å²) in [5, 5.41) is 17.6. The van der Waals surface area contributed by atoms with E-state index in [1.807, 2.05) is 30.3 Å². The van der Waals surface area contributed by atoms with Crippen LogP contribution >= 0.6 is 0 Å². The predicted octanol–water partition coefficient (Wildman–Crippen LogP) is 3.63. The van der Waals surface area contributed by atoms with Gasteiger partial charge in [0.05, 0.1) is 12.6 Å². The van der Waals surface area contributed by atoms with Crippen LogP contribution in [0.4, 0.5) is 13.6 Å². The fourth-order valence-corrected chi connectivity index (χ4v) is 3.57. The number of carbonyl (C=O) groups is 3. The van der Waals surface area contributed by atoms with E-state index in [-0.39, 0.29) is 18.9 Å². The minimum Gasteiger partial charge on any atom is -0.444 e. The lowest BCUT2D eigenvalue weighted by molar-refractivity contribution is -0.143. The van der Waals surface area contributed by atoms with E-state index in [0.29, 0.717) is 0 Å². The molecule has 0 aliphatic rings. The molecule has 0 aliphatic carbocycles. The number of rotatable bonds is 12. The zero-order valence-corrected chi connectivity index (χ0v) is 22.2. The van der Waals surface area contributed by atoms with Gasteiger partial charge in [-0.3, -0.25) is 9.59 Å². The van der Waals surface area contributed by atoms with E-state index >= 15 is 0 Å². The number of alkyl carbamates (subject to hydrolysis) is 1. The fraction of sp³-hybridized carbons (Fsp3) is 0.654. The Hall–Kier alpha value is -2.75.